The molecule has 4 N–H and O–H groups in total. The largest absolute Gasteiger partial charge is 0.349 e. The van der Waals surface area contributed by atoms with Crippen molar-refractivity contribution in [3.05, 3.63) is 69.7 Å². The zero-order valence-electron chi connectivity index (χ0n) is 17.9. The van der Waals surface area contributed by atoms with E-state index in [2.05, 4.69) is 46.0 Å². The number of hydrogen-bond donors (Lipinski definition) is 3. The molecular weight excluding hydrogens is 372 g/mol. The third-order valence-electron chi connectivity index (χ3n) is 5.19. The van der Waals surface area contributed by atoms with Gasteiger partial charge in [0.1, 0.15) is 5.69 Å². The van der Waals surface area contributed by atoms with Crippen LogP contribution in [-0.4, -0.2) is 29.8 Å². The minimum Gasteiger partial charge on any atom is -0.349 e. The second-order valence-electron chi connectivity index (χ2n) is 7.61. The summed E-state index contributed by atoms with van der Waals surface area (Å²) in [5, 5.41) is 14.2. The Labute approximate surface area is 177 Å². The Morgan fingerprint density at radius 1 is 1.17 bits per heavy atom. The molecule has 2 aromatic carbocycles. The maximum absolute atomic E-state index is 12.9. The van der Waals surface area contributed by atoms with Gasteiger partial charge in [-0.05, 0) is 67.4 Å². The zero-order valence-corrected chi connectivity index (χ0v) is 17.9. The standard InChI is InChI=1S/C24H25N3O.CH5N/c1-16(2)26-24(28)23-13-19-11-10-17(14-25)12-22(19)27(23)15-20-8-5-7-18-6-3-4-9-21(18)20;1-2/h5-14,16,25H,3-4,15H2,1-2H3,(H,26,28);2H2,1H3. The van der Waals surface area contributed by atoms with Crippen molar-refractivity contribution in [1.82, 2.24) is 9.88 Å². The maximum atomic E-state index is 12.9. The molecule has 0 atom stereocenters. The number of nitrogens with two attached hydrogens (primary N) is 1. The smallest absolute Gasteiger partial charge is 0.268 e. The van der Waals surface area contributed by atoms with Gasteiger partial charge in [0.15, 0.2) is 0 Å². The summed E-state index contributed by atoms with van der Waals surface area (Å²) in [5.41, 5.74) is 8.18. The summed E-state index contributed by atoms with van der Waals surface area (Å²) in [6, 6.07) is 14.3. The van der Waals surface area contributed by atoms with E-state index in [0.29, 0.717) is 12.2 Å². The van der Waals surface area contributed by atoms with E-state index in [4.69, 9.17) is 5.41 Å². The van der Waals surface area contributed by atoms with Crippen LogP contribution < -0.4 is 21.5 Å². The predicted octanol–water partition coefficient (Wildman–Crippen LogP) is 2.76. The fourth-order valence-corrected chi connectivity index (χ4v) is 3.89. The summed E-state index contributed by atoms with van der Waals surface area (Å²) in [6.07, 6.45) is 8.06. The molecule has 0 aliphatic heterocycles. The lowest BCUT2D eigenvalue weighted by atomic mass is 10.0. The van der Waals surface area contributed by atoms with Gasteiger partial charge in [-0.2, -0.15) is 0 Å². The van der Waals surface area contributed by atoms with Crippen molar-refractivity contribution in [3.63, 3.8) is 0 Å². The fourth-order valence-electron chi connectivity index (χ4n) is 3.89. The van der Waals surface area contributed by atoms with Crippen LogP contribution >= 0.6 is 0 Å². The average Bonchev–Trinajstić information content (AvgIpc) is 3.12. The van der Waals surface area contributed by atoms with Crippen molar-refractivity contribution in [2.45, 2.75) is 39.3 Å². The molecule has 1 heterocycles. The lowest BCUT2D eigenvalue weighted by molar-refractivity contribution is 0.0934. The molecule has 0 radical (unpaired) electrons. The van der Waals surface area contributed by atoms with Crippen LogP contribution in [0.25, 0.3) is 23.1 Å². The number of amides is 1. The molecule has 0 bridgehead atoms. The highest BCUT2D eigenvalue weighted by molar-refractivity contribution is 6.00. The molecule has 156 valence electrons. The molecule has 1 aliphatic carbocycles. The van der Waals surface area contributed by atoms with Crippen LogP contribution in [0.4, 0.5) is 0 Å². The molecule has 0 saturated carbocycles. The van der Waals surface area contributed by atoms with Crippen LogP contribution in [0.5, 0.6) is 0 Å². The number of aromatic nitrogens is 1. The second-order valence-corrected chi connectivity index (χ2v) is 7.61. The van der Waals surface area contributed by atoms with E-state index >= 15 is 0 Å². The maximum Gasteiger partial charge on any atom is 0.268 e. The molecule has 5 nitrogen and oxygen atoms in total. The highest BCUT2D eigenvalue weighted by Gasteiger charge is 2.17. The van der Waals surface area contributed by atoms with Gasteiger partial charge in [0.2, 0.25) is 0 Å². The summed E-state index contributed by atoms with van der Waals surface area (Å²) < 4.78 is 2.08. The van der Waals surface area contributed by atoms with Crippen LogP contribution in [0.1, 0.15) is 48.3 Å². The van der Waals surface area contributed by atoms with Crippen LogP contribution in [0.2, 0.25) is 0 Å². The minimum atomic E-state index is -0.0667. The molecule has 0 spiro atoms. The van der Waals surface area contributed by atoms with Crippen LogP contribution in [0.15, 0.2) is 42.5 Å². The van der Waals surface area contributed by atoms with Crippen molar-refractivity contribution < 1.29 is 4.79 Å². The van der Waals surface area contributed by atoms with Gasteiger partial charge in [-0.1, -0.05) is 42.5 Å². The first-order chi connectivity index (χ1) is 14.6. The number of nitrogens with one attached hydrogen (secondary N) is 2. The first kappa shape index (κ1) is 21.5. The molecule has 0 fully saturated rings. The van der Waals surface area contributed by atoms with Crippen LogP contribution in [0, 0.1) is 5.41 Å². The Morgan fingerprint density at radius 2 is 1.93 bits per heavy atom. The highest BCUT2D eigenvalue weighted by atomic mass is 16.2. The number of carbonyl (C=O) groups excluding carboxylic acids is 1. The monoisotopic (exact) mass is 402 g/mol. The lowest BCUT2D eigenvalue weighted by Gasteiger charge is -2.14. The molecule has 30 heavy (non-hydrogen) atoms. The van der Waals surface area contributed by atoms with E-state index in [1.54, 1.807) is 0 Å². The Bertz CT molecular complexity index is 1190. The average molecular weight is 403 g/mol. The van der Waals surface area contributed by atoms with E-state index in [0.717, 1.165) is 29.3 Å². The van der Waals surface area contributed by atoms with Crippen LogP contribution in [0.3, 0.4) is 0 Å². The SMILES string of the molecule is CC(C)NC(=O)c1cc2ccc(C=N)cc2n1Cc1cccc2c1=CCCC=2.CN. The molecule has 4 rings (SSSR count). The number of nitrogens with zero attached hydrogens (tertiary/aromatic N) is 1. The van der Waals surface area contributed by atoms with Gasteiger partial charge < -0.3 is 21.0 Å². The number of benzene rings is 2. The number of rotatable bonds is 5. The molecule has 1 aliphatic rings. The van der Waals surface area contributed by atoms with Crippen molar-refractivity contribution in [2.24, 2.45) is 5.73 Å². The molecule has 3 aromatic rings. The molecule has 5 heteroatoms. The number of carbonyl (C=O) groups is 1. The van der Waals surface area contributed by atoms with Gasteiger partial charge in [-0.15, -0.1) is 0 Å². The Balaban J connectivity index is 0.00000124. The van der Waals surface area contributed by atoms with Crippen LogP contribution in [-0.2, 0) is 6.54 Å². The van der Waals surface area contributed by atoms with Crippen molar-refractivity contribution in [1.29, 1.82) is 5.41 Å². The van der Waals surface area contributed by atoms with Crippen molar-refractivity contribution in [3.8, 4) is 0 Å². The number of fused-ring (bicyclic) bond motifs is 2. The normalized spacial score (nSPS) is 12.3. The predicted molar refractivity (Wildman–Crippen MR) is 125 cm³/mol. The van der Waals surface area contributed by atoms with Gasteiger partial charge in [0, 0.05) is 29.7 Å². The Hall–Kier alpha value is -3.18. The van der Waals surface area contributed by atoms with E-state index in [1.165, 1.54) is 29.3 Å². The van der Waals surface area contributed by atoms with E-state index in [9.17, 15) is 4.79 Å². The summed E-state index contributed by atoms with van der Waals surface area (Å²) >= 11 is 0. The first-order valence-electron chi connectivity index (χ1n) is 10.4. The summed E-state index contributed by atoms with van der Waals surface area (Å²) in [5.74, 6) is -0.0667. The van der Waals surface area contributed by atoms with Crippen molar-refractivity contribution >= 4 is 35.2 Å². The second kappa shape index (κ2) is 9.55. The van der Waals surface area contributed by atoms with E-state index in [1.807, 2.05) is 38.1 Å². The molecule has 1 amide bonds. The zero-order chi connectivity index (χ0) is 21.7. The molecule has 0 saturated heterocycles. The third kappa shape index (κ3) is 4.36. The summed E-state index contributed by atoms with van der Waals surface area (Å²) in [7, 11) is 1.50. The van der Waals surface area contributed by atoms with E-state index < -0.39 is 0 Å². The molecular formula is C25H30N4O. The van der Waals surface area contributed by atoms with Gasteiger partial charge >= 0.3 is 0 Å². The Morgan fingerprint density at radius 3 is 2.67 bits per heavy atom. The fraction of sp³-hybridized carbons (Fsp3) is 0.280. The van der Waals surface area contributed by atoms with Gasteiger partial charge in [0.25, 0.3) is 5.91 Å². The summed E-state index contributed by atoms with van der Waals surface area (Å²) in [6.45, 7) is 4.56. The van der Waals surface area contributed by atoms with Gasteiger partial charge in [-0.3, -0.25) is 4.79 Å². The summed E-state index contributed by atoms with van der Waals surface area (Å²) in [4.78, 5) is 12.9. The van der Waals surface area contributed by atoms with E-state index in [-0.39, 0.29) is 11.9 Å². The minimum absolute atomic E-state index is 0.0667. The molecule has 1 aromatic heterocycles. The van der Waals surface area contributed by atoms with Gasteiger partial charge in [-0.25, -0.2) is 0 Å². The third-order valence-corrected chi connectivity index (χ3v) is 5.19. The highest BCUT2D eigenvalue weighted by Crippen LogP contribution is 2.22. The first-order valence-corrected chi connectivity index (χ1v) is 10.4. The lowest BCUT2D eigenvalue weighted by Crippen LogP contribution is -2.33. The van der Waals surface area contributed by atoms with Gasteiger partial charge in [0.05, 0.1) is 0 Å². The molecule has 0 unspecified atom stereocenters. The Kier molecular flexibility index (Phi) is 6.85. The quantitative estimate of drug-likeness (QED) is 0.574. The number of hydrogen-bond acceptors (Lipinski definition) is 3. The topological polar surface area (TPSA) is 83.9 Å². The van der Waals surface area contributed by atoms with Crippen molar-refractivity contribution in [2.75, 3.05) is 7.05 Å².